The van der Waals surface area contributed by atoms with E-state index in [-0.39, 0.29) is 11.7 Å². The molecule has 1 heterocycles. The molecule has 0 fully saturated rings. The zero-order valence-electron chi connectivity index (χ0n) is 12.2. The molecule has 1 amide bonds. The minimum Gasteiger partial charge on any atom is -0.298 e. The number of nitrogens with zero attached hydrogens (tertiary/aromatic N) is 1. The van der Waals surface area contributed by atoms with Crippen LogP contribution in [0.3, 0.4) is 0 Å². The Morgan fingerprint density at radius 3 is 2.86 bits per heavy atom. The van der Waals surface area contributed by atoms with Crippen molar-refractivity contribution >= 4 is 34.2 Å². The summed E-state index contributed by atoms with van der Waals surface area (Å²) in [5.74, 6) is 0.214. The summed E-state index contributed by atoms with van der Waals surface area (Å²) >= 11 is 1.27. The topological polar surface area (TPSA) is 59.1 Å². The van der Waals surface area contributed by atoms with Gasteiger partial charge in [-0.25, -0.2) is 4.98 Å². The second-order valence-corrected chi connectivity index (χ2v) is 6.46. The lowest BCUT2D eigenvalue weighted by molar-refractivity contribution is -0.111. The molecule has 112 valence electrons. The number of amides is 1. The third kappa shape index (κ3) is 3.31. The lowest BCUT2D eigenvalue weighted by Crippen LogP contribution is -2.16. The minimum atomic E-state index is -0.240. The highest BCUT2D eigenvalue weighted by molar-refractivity contribution is 7.17. The van der Waals surface area contributed by atoms with Crippen LogP contribution in [0, 0.1) is 5.92 Å². The van der Waals surface area contributed by atoms with Crippen LogP contribution in [0.2, 0.25) is 0 Å². The van der Waals surface area contributed by atoms with Crippen molar-refractivity contribution in [2.45, 2.75) is 19.8 Å². The molecule has 0 saturated carbocycles. The average Bonchev–Trinajstić information content (AvgIpc) is 2.89. The molecule has 2 aromatic rings. The van der Waals surface area contributed by atoms with Gasteiger partial charge in [-0.15, -0.1) is 0 Å². The lowest BCUT2D eigenvalue weighted by atomic mass is 9.92. The number of aromatic nitrogens is 1. The monoisotopic (exact) mass is 312 g/mol. The van der Waals surface area contributed by atoms with Crippen molar-refractivity contribution in [2.24, 2.45) is 5.92 Å². The molecule has 1 aromatic heterocycles. The number of hydrogen-bond donors (Lipinski definition) is 1. The molecule has 0 saturated heterocycles. The van der Waals surface area contributed by atoms with Gasteiger partial charge in [-0.3, -0.25) is 14.9 Å². The highest BCUT2D eigenvalue weighted by atomic mass is 32.1. The molecule has 0 unspecified atom stereocenters. The molecule has 0 bridgehead atoms. The van der Waals surface area contributed by atoms with Crippen LogP contribution in [0.4, 0.5) is 5.13 Å². The SMILES string of the molecule is C[C@@H]1CC(=O)c2sc(NC(=O)/C=C/c3ccccc3)nc2C1. The van der Waals surface area contributed by atoms with Crippen LogP contribution in [0.15, 0.2) is 36.4 Å². The molecule has 1 N–H and O–H groups in total. The maximum absolute atomic E-state index is 11.9. The zero-order chi connectivity index (χ0) is 15.5. The van der Waals surface area contributed by atoms with Crippen molar-refractivity contribution < 1.29 is 9.59 Å². The second kappa shape index (κ2) is 6.23. The first-order chi connectivity index (χ1) is 10.6. The summed E-state index contributed by atoms with van der Waals surface area (Å²) in [6, 6.07) is 9.60. The predicted octanol–water partition coefficient (Wildman–Crippen LogP) is 3.56. The van der Waals surface area contributed by atoms with E-state index in [2.05, 4.69) is 10.3 Å². The van der Waals surface area contributed by atoms with E-state index in [0.29, 0.717) is 22.3 Å². The van der Waals surface area contributed by atoms with Gasteiger partial charge in [0.15, 0.2) is 10.9 Å². The number of rotatable bonds is 3. The normalized spacial score (nSPS) is 17.5. The van der Waals surface area contributed by atoms with E-state index in [0.717, 1.165) is 17.7 Å². The molecule has 1 aliphatic rings. The zero-order valence-corrected chi connectivity index (χ0v) is 13.0. The number of fused-ring (bicyclic) bond motifs is 1. The molecule has 1 aliphatic carbocycles. The van der Waals surface area contributed by atoms with Crippen LogP contribution in [0.25, 0.3) is 6.08 Å². The standard InChI is InChI=1S/C17H16N2O2S/c1-11-9-13-16(14(20)10-11)22-17(18-13)19-15(21)8-7-12-5-3-2-4-6-12/h2-8,11H,9-10H2,1H3,(H,18,19,21)/b8-7+/t11-/m0/s1. The van der Waals surface area contributed by atoms with Gasteiger partial charge in [0.25, 0.3) is 0 Å². The molecule has 1 aromatic carbocycles. The van der Waals surface area contributed by atoms with Gasteiger partial charge in [0, 0.05) is 12.5 Å². The van der Waals surface area contributed by atoms with Crippen LogP contribution in [-0.2, 0) is 11.2 Å². The van der Waals surface area contributed by atoms with E-state index in [1.54, 1.807) is 6.08 Å². The fraction of sp³-hybridized carbons (Fsp3) is 0.235. The molecule has 3 rings (SSSR count). The maximum atomic E-state index is 11.9. The molecule has 0 radical (unpaired) electrons. The van der Waals surface area contributed by atoms with E-state index < -0.39 is 0 Å². The predicted molar refractivity (Wildman–Crippen MR) is 88.0 cm³/mol. The van der Waals surface area contributed by atoms with Gasteiger partial charge in [-0.1, -0.05) is 48.6 Å². The van der Waals surface area contributed by atoms with Crippen molar-refractivity contribution in [1.29, 1.82) is 0 Å². The Labute approximate surface area is 132 Å². The van der Waals surface area contributed by atoms with Gasteiger partial charge >= 0.3 is 0 Å². The summed E-state index contributed by atoms with van der Waals surface area (Å²) in [5, 5.41) is 3.23. The number of carbonyl (C=O) groups excluding carboxylic acids is 2. The van der Waals surface area contributed by atoms with Crippen LogP contribution in [0.5, 0.6) is 0 Å². The van der Waals surface area contributed by atoms with Crippen molar-refractivity contribution in [3.8, 4) is 0 Å². The van der Waals surface area contributed by atoms with Gasteiger partial charge in [-0.2, -0.15) is 0 Å². The molecule has 0 aliphatic heterocycles. The van der Waals surface area contributed by atoms with Crippen molar-refractivity contribution in [2.75, 3.05) is 5.32 Å². The summed E-state index contributed by atoms with van der Waals surface area (Å²) in [4.78, 5) is 29.0. The smallest absolute Gasteiger partial charge is 0.250 e. The molecular formula is C17H16N2O2S. The number of benzene rings is 1. The minimum absolute atomic E-state index is 0.131. The van der Waals surface area contributed by atoms with Crippen LogP contribution in [0.1, 0.15) is 34.3 Å². The van der Waals surface area contributed by atoms with Gasteiger partial charge in [0.05, 0.1) is 10.6 Å². The highest BCUT2D eigenvalue weighted by Crippen LogP contribution is 2.31. The van der Waals surface area contributed by atoms with Crippen LogP contribution in [-0.4, -0.2) is 16.7 Å². The number of nitrogens with one attached hydrogen (secondary N) is 1. The summed E-state index contributed by atoms with van der Waals surface area (Å²) in [5.41, 5.74) is 1.77. The summed E-state index contributed by atoms with van der Waals surface area (Å²) in [6.07, 6.45) is 4.58. The van der Waals surface area contributed by atoms with Crippen LogP contribution >= 0.6 is 11.3 Å². The number of anilines is 1. The summed E-state index contributed by atoms with van der Waals surface area (Å²) in [7, 11) is 0. The molecule has 5 heteroatoms. The van der Waals surface area contributed by atoms with Crippen molar-refractivity contribution in [3.63, 3.8) is 0 Å². The highest BCUT2D eigenvalue weighted by Gasteiger charge is 2.26. The quantitative estimate of drug-likeness (QED) is 0.882. The number of Topliss-reactive ketones (excluding diaryl/α,β-unsaturated/α-hetero) is 1. The molecular weight excluding hydrogens is 296 g/mol. The molecule has 4 nitrogen and oxygen atoms in total. The Hall–Kier alpha value is -2.27. The van der Waals surface area contributed by atoms with E-state index in [1.807, 2.05) is 37.3 Å². The van der Waals surface area contributed by atoms with Crippen molar-refractivity contribution in [3.05, 3.63) is 52.5 Å². The second-order valence-electron chi connectivity index (χ2n) is 5.46. The van der Waals surface area contributed by atoms with E-state index >= 15 is 0 Å². The number of hydrogen-bond acceptors (Lipinski definition) is 4. The van der Waals surface area contributed by atoms with Gasteiger partial charge < -0.3 is 0 Å². The van der Waals surface area contributed by atoms with Crippen LogP contribution < -0.4 is 5.32 Å². The first kappa shape index (κ1) is 14.7. The first-order valence-corrected chi connectivity index (χ1v) is 8.00. The van der Waals surface area contributed by atoms with E-state index in [9.17, 15) is 9.59 Å². The Balaban J connectivity index is 1.69. The van der Waals surface area contributed by atoms with Gasteiger partial charge in [0.1, 0.15) is 0 Å². The maximum Gasteiger partial charge on any atom is 0.250 e. The fourth-order valence-electron chi connectivity index (χ4n) is 2.46. The van der Waals surface area contributed by atoms with E-state index in [1.165, 1.54) is 17.4 Å². The summed E-state index contributed by atoms with van der Waals surface area (Å²) < 4.78 is 0. The Kier molecular flexibility index (Phi) is 4.15. The van der Waals surface area contributed by atoms with E-state index in [4.69, 9.17) is 0 Å². The van der Waals surface area contributed by atoms with Gasteiger partial charge in [-0.05, 0) is 24.0 Å². The number of carbonyl (C=O) groups is 2. The van der Waals surface area contributed by atoms with Crippen molar-refractivity contribution in [1.82, 2.24) is 4.98 Å². The average molecular weight is 312 g/mol. The number of thiazole rings is 1. The summed E-state index contributed by atoms with van der Waals surface area (Å²) in [6.45, 7) is 2.04. The van der Waals surface area contributed by atoms with Gasteiger partial charge in [0.2, 0.25) is 5.91 Å². The number of ketones is 1. The third-order valence-electron chi connectivity index (χ3n) is 3.48. The Morgan fingerprint density at radius 2 is 2.09 bits per heavy atom. The fourth-order valence-corrected chi connectivity index (χ4v) is 3.40. The lowest BCUT2D eigenvalue weighted by Gasteiger charge is -2.14. The molecule has 22 heavy (non-hydrogen) atoms. The third-order valence-corrected chi connectivity index (χ3v) is 4.54. The Bertz CT molecular complexity index is 734. The largest absolute Gasteiger partial charge is 0.298 e. The Morgan fingerprint density at radius 1 is 1.32 bits per heavy atom. The first-order valence-electron chi connectivity index (χ1n) is 7.19. The molecule has 0 spiro atoms. The molecule has 1 atom stereocenters.